The molecule has 1 fully saturated rings. The maximum absolute atomic E-state index is 12.2. The zero-order valence-electron chi connectivity index (χ0n) is 9.40. The highest BCUT2D eigenvalue weighted by Gasteiger charge is 2.18. The lowest BCUT2D eigenvalue weighted by atomic mass is 9.85. The van der Waals surface area contributed by atoms with Gasteiger partial charge >= 0.3 is 0 Å². The first-order chi connectivity index (χ1) is 8.24. The molecule has 88 valence electrons. The Morgan fingerprint density at radius 3 is 2.94 bits per heavy atom. The van der Waals surface area contributed by atoms with Crippen molar-refractivity contribution in [3.8, 4) is 0 Å². The summed E-state index contributed by atoms with van der Waals surface area (Å²) < 4.78 is 2.70. The summed E-state index contributed by atoms with van der Waals surface area (Å²) in [6.45, 7) is 0.817. The first kappa shape index (κ1) is 11.0. The topological polar surface area (TPSA) is 34.9 Å². The van der Waals surface area contributed by atoms with Crippen LogP contribution in [-0.2, 0) is 6.54 Å². The Hall–Kier alpha value is -1.16. The van der Waals surface area contributed by atoms with Crippen LogP contribution in [0.1, 0.15) is 19.3 Å². The normalized spacial score (nSPS) is 16.1. The largest absolute Gasteiger partial charge is 0.298 e. The summed E-state index contributed by atoms with van der Waals surface area (Å²) >= 11 is 3.39. The molecule has 0 aliphatic heterocycles. The van der Waals surface area contributed by atoms with Crippen LogP contribution in [0.2, 0.25) is 0 Å². The lowest BCUT2D eigenvalue weighted by Gasteiger charge is -2.25. The van der Waals surface area contributed by atoms with Crippen molar-refractivity contribution in [1.82, 2.24) is 9.55 Å². The lowest BCUT2D eigenvalue weighted by Crippen LogP contribution is -2.27. The van der Waals surface area contributed by atoms with Crippen molar-refractivity contribution in [2.24, 2.45) is 5.92 Å². The number of hydrogen-bond donors (Lipinski definition) is 0. The average Bonchev–Trinajstić information content (AvgIpc) is 2.25. The molecule has 1 aliphatic carbocycles. The van der Waals surface area contributed by atoms with Gasteiger partial charge in [0.1, 0.15) is 0 Å². The second kappa shape index (κ2) is 4.26. The number of nitrogens with zero attached hydrogens (tertiary/aromatic N) is 2. The van der Waals surface area contributed by atoms with Gasteiger partial charge in [0.05, 0.1) is 17.2 Å². The van der Waals surface area contributed by atoms with Gasteiger partial charge in [0.15, 0.2) is 0 Å². The number of benzene rings is 1. The quantitative estimate of drug-likeness (QED) is 0.853. The van der Waals surface area contributed by atoms with E-state index in [-0.39, 0.29) is 5.56 Å². The molecule has 0 saturated heterocycles. The molecule has 0 spiro atoms. The van der Waals surface area contributed by atoms with E-state index in [9.17, 15) is 4.79 Å². The van der Waals surface area contributed by atoms with Crippen molar-refractivity contribution >= 4 is 26.8 Å². The fourth-order valence-corrected chi connectivity index (χ4v) is 2.56. The van der Waals surface area contributed by atoms with Gasteiger partial charge in [0.25, 0.3) is 5.56 Å². The maximum atomic E-state index is 12.2. The number of rotatable bonds is 2. The predicted molar refractivity (Wildman–Crippen MR) is 71.0 cm³/mol. The molecule has 1 aromatic carbocycles. The van der Waals surface area contributed by atoms with Crippen LogP contribution >= 0.6 is 15.9 Å². The Balaban J connectivity index is 2.05. The van der Waals surface area contributed by atoms with Crippen LogP contribution in [0.4, 0.5) is 0 Å². The third kappa shape index (κ3) is 2.02. The van der Waals surface area contributed by atoms with Gasteiger partial charge in [-0.25, -0.2) is 4.98 Å². The van der Waals surface area contributed by atoms with Crippen LogP contribution in [0.25, 0.3) is 10.9 Å². The number of aromatic nitrogens is 2. The minimum atomic E-state index is 0.0781. The zero-order chi connectivity index (χ0) is 11.8. The molecule has 0 N–H and O–H groups in total. The van der Waals surface area contributed by atoms with E-state index in [2.05, 4.69) is 20.9 Å². The van der Waals surface area contributed by atoms with Crippen molar-refractivity contribution < 1.29 is 0 Å². The summed E-state index contributed by atoms with van der Waals surface area (Å²) in [6.07, 6.45) is 5.46. The summed E-state index contributed by atoms with van der Waals surface area (Å²) in [5.41, 5.74) is 0.837. The van der Waals surface area contributed by atoms with Gasteiger partial charge in [-0.1, -0.05) is 22.4 Å². The average molecular weight is 293 g/mol. The third-order valence-electron chi connectivity index (χ3n) is 3.47. The third-order valence-corrected chi connectivity index (χ3v) is 3.96. The van der Waals surface area contributed by atoms with Crippen molar-refractivity contribution in [1.29, 1.82) is 0 Å². The molecule has 1 aliphatic rings. The van der Waals surface area contributed by atoms with Crippen LogP contribution in [0.15, 0.2) is 33.8 Å². The summed E-state index contributed by atoms with van der Waals surface area (Å²) in [7, 11) is 0. The van der Waals surface area contributed by atoms with Crippen LogP contribution in [-0.4, -0.2) is 9.55 Å². The number of halogens is 1. The number of fused-ring (bicyclic) bond motifs is 1. The second-order valence-corrected chi connectivity index (χ2v) is 5.58. The first-order valence-electron chi connectivity index (χ1n) is 5.89. The minimum absolute atomic E-state index is 0.0781. The molecule has 1 aromatic heterocycles. The summed E-state index contributed by atoms with van der Waals surface area (Å²) in [5, 5.41) is 0.704. The van der Waals surface area contributed by atoms with Crippen molar-refractivity contribution in [2.75, 3.05) is 0 Å². The van der Waals surface area contributed by atoms with E-state index < -0.39 is 0 Å². The molecular formula is C13H13BrN2O. The number of hydrogen-bond acceptors (Lipinski definition) is 2. The fraction of sp³-hybridized carbons (Fsp3) is 0.385. The van der Waals surface area contributed by atoms with Crippen LogP contribution < -0.4 is 5.56 Å². The standard InChI is InChI=1S/C13H13BrN2O/c14-10-4-5-11-12(6-10)15-8-16(13(11)17)7-9-2-1-3-9/h4-6,8-9H,1-3,7H2. The maximum Gasteiger partial charge on any atom is 0.261 e. The Kier molecular flexibility index (Phi) is 2.74. The highest BCUT2D eigenvalue weighted by atomic mass is 79.9. The molecule has 1 saturated carbocycles. The van der Waals surface area contributed by atoms with Crippen LogP contribution in [0, 0.1) is 5.92 Å². The van der Waals surface area contributed by atoms with E-state index in [1.54, 1.807) is 10.9 Å². The molecule has 0 radical (unpaired) electrons. The van der Waals surface area contributed by atoms with E-state index in [0.29, 0.717) is 11.3 Å². The van der Waals surface area contributed by atoms with Crippen LogP contribution in [0.3, 0.4) is 0 Å². The molecule has 1 heterocycles. The minimum Gasteiger partial charge on any atom is -0.298 e. The summed E-state index contributed by atoms with van der Waals surface area (Å²) in [4.78, 5) is 16.6. The SMILES string of the molecule is O=c1c2ccc(Br)cc2ncn1CC1CCC1. The summed E-state index contributed by atoms with van der Waals surface area (Å²) in [6, 6.07) is 5.61. The zero-order valence-corrected chi connectivity index (χ0v) is 11.0. The Morgan fingerprint density at radius 2 is 2.24 bits per heavy atom. The first-order valence-corrected chi connectivity index (χ1v) is 6.68. The molecule has 0 atom stereocenters. The van der Waals surface area contributed by atoms with E-state index in [1.165, 1.54) is 19.3 Å². The Morgan fingerprint density at radius 1 is 1.41 bits per heavy atom. The highest BCUT2D eigenvalue weighted by Crippen LogP contribution is 2.27. The molecule has 17 heavy (non-hydrogen) atoms. The smallest absolute Gasteiger partial charge is 0.261 e. The van der Waals surface area contributed by atoms with Crippen molar-refractivity contribution in [2.45, 2.75) is 25.8 Å². The molecular weight excluding hydrogens is 280 g/mol. The monoisotopic (exact) mass is 292 g/mol. The molecule has 0 bridgehead atoms. The second-order valence-electron chi connectivity index (χ2n) is 4.66. The molecule has 3 nitrogen and oxygen atoms in total. The van der Waals surface area contributed by atoms with Gasteiger partial charge in [-0.05, 0) is 37.0 Å². The van der Waals surface area contributed by atoms with Gasteiger partial charge in [-0.3, -0.25) is 9.36 Å². The summed E-state index contributed by atoms with van der Waals surface area (Å²) in [5.74, 6) is 0.669. The molecule has 4 heteroatoms. The molecule has 3 rings (SSSR count). The van der Waals surface area contributed by atoms with Crippen molar-refractivity contribution in [3.63, 3.8) is 0 Å². The van der Waals surface area contributed by atoms with E-state index >= 15 is 0 Å². The molecule has 0 amide bonds. The van der Waals surface area contributed by atoms with Gasteiger partial charge in [0, 0.05) is 11.0 Å². The van der Waals surface area contributed by atoms with Gasteiger partial charge in [0.2, 0.25) is 0 Å². The van der Waals surface area contributed by atoms with E-state index in [0.717, 1.165) is 16.5 Å². The fourth-order valence-electron chi connectivity index (χ4n) is 2.22. The Bertz CT molecular complexity index is 616. The van der Waals surface area contributed by atoms with Gasteiger partial charge in [-0.15, -0.1) is 0 Å². The van der Waals surface area contributed by atoms with E-state index in [1.807, 2.05) is 18.2 Å². The molecule has 2 aromatic rings. The predicted octanol–water partition coefficient (Wildman–Crippen LogP) is 2.96. The lowest BCUT2D eigenvalue weighted by molar-refractivity contribution is 0.273. The highest BCUT2D eigenvalue weighted by molar-refractivity contribution is 9.10. The van der Waals surface area contributed by atoms with Gasteiger partial charge in [-0.2, -0.15) is 0 Å². The Labute approximate surface area is 108 Å². The van der Waals surface area contributed by atoms with Gasteiger partial charge < -0.3 is 0 Å². The van der Waals surface area contributed by atoms with E-state index in [4.69, 9.17) is 0 Å². The van der Waals surface area contributed by atoms with Crippen LogP contribution in [0.5, 0.6) is 0 Å². The van der Waals surface area contributed by atoms with Crippen molar-refractivity contribution in [3.05, 3.63) is 39.4 Å². The molecule has 0 unspecified atom stereocenters.